The number of benzene rings is 2. The van der Waals surface area contributed by atoms with Crippen LogP contribution in [0.25, 0.3) is 0 Å². The SMILES string of the molecule is CC(=O)O[C@H]([C@H](O)Cc1ccc(F)cc1)[C@H](C)OCc1ccccc1. The van der Waals surface area contributed by atoms with Gasteiger partial charge >= 0.3 is 5.97 Å². The summed E-state index contributed by atoms with van der Waals surface area (Å²) in [6, 6.07) is 15.5. The molecule has 0 radical (unpaired) electrons. The van der Waals surface area contributed by atoms with Gasteiger partial charge in [-0.1, -0.05) is 42.5 Å². The highest BCUT2D eigenvalue weighted by molar-refractivity contribution is 5.66. The average molecular weight is 346 g/mol. The molecule has 0 aliphatic heterocycles. The Bertz CT molecular complexity index is 657. The van der Waals surface area contributed by atoms with Gasteiger partial charge in [-0.25, -0.2) is 4.39 Å². The molecule has 4 nitrogen and oxygen atoms in total. The third kappa shape index (κ3) is 6.29. The van der Waals surface area contributed by atoms with Gasteiger partial charge in [0.05, 0.1) is 18.8 Å². The van der Waals surface area contributed by atoms with Gasteiger partial charge in [0.25, 0.3) is 0 Å². The smallest absolute Gasteiger partial charge is 0.303 e. The molecular weight excluding hydrogens is 323 g/mol. The summed E-state index contributed by atoms with van der Waals surface area (Å²) in [4.78, 5) is 11.4. The largest absolute Gasteiger partial charge is 0.457 e. The molecule has 0 fully saturated rings. The van der Waals surface area contributed by atoms with E-state index in [4.69, 9.17) is 9.47 Å². The Morgan fingerprint density at radius 3 is 2.32 bits per heavy atom. The zero-order valence-corrected chi connectivity index (χ0v) is 14.4. The minimum atomic E-state index is -0.958. The molecule has 1 N–H and O–H groups in total. The quantitative estimate of drug-likeness (QED) is 0.746. The highest BCUT2D eigenvalue weighted by Gasteiger charge is 2.29. The summed E-state index contributed by atoms with van der Waals surface area (Å²) in [5, 5.41) is 10.5. The van der Waals surface area contributed by atoms with Crippen molar-refractivity contribution in [3.63, 3.8) is 0 Å². The molecule has 0 saturated heterocycles. The number of ether oxygens (including phenoxy) is 2. The van der Waals surface area contributed by atoms with Gasteiger partial charge < -0.3 is 14.6 Å². The number of hydrogen-bond acceptors (Lipinski definition) is 4. The Kier molecular flexibility index (Phi) is 7.10. The Balaban J connectivity index is 2.00. The van der Waals surface area contributed by atoms with Crippen molar-refractivity contribution in [2.75, 3.05) is 0 Å². The van der Waals surface area contributed by atoms with Crippen LogP contribution in [0, 0.1) is 5.82 Å². The minimum Gasteiger partial charge on any atom is -0.457 e. The zero-order chi connectivity index (χ0) is 18.2. The Morgan fingerprint density at radius 1 is 1.08 bits per heavy atom. The van der Waals surface area contributed by atoms with E-state index in [2.05, 4.69) is 0 Å². The second-order valence-electron chi connectivity index (χ2n) is 5.97. The molecule has 2 rings (SSSR count). The fraction of sp³-hybridized carbons (Fsp3) is 0.350. The van der Waals surface area contributed by atoms with Gasteiger partial charge in [-0.2, -0.15) is 0 Å². The van der Waals surface area contributed by atoms with Crippen LogP contribution < -0.4 is 0 Å². The molecule has 0 unspecified atom stereocenters. The number of aliphatic hydroxyl groups excluding tert-OH is 1. The van der Waals surface area contributed by atoms with Crippen molar-refractivity contribution in [1.29, 1.82) is 0 Å². The molecule has 3 atom stereocenters. The summed E-state index contributed by atoms with van der Waals surface area (Å²) in [5.74, 6) is -0.826. The molecule has 0 heterocycles. The molecule has 0 bridgehead atoms. The van der Waals surface area contributed by atoms with Crippen molar-refractivity contribution in [3.05, 3.63) is 71.5 Å². The molecule has 0 saturated carbocycles. The normalized spacial score (nSPS) is 14.6. The summed E-state index contributed by atoms with van der Waals surface area (Å²) >= 11 is 0. The van der Waals surface area contributed by atoms with Crippen molar-refractivity contribution >= 4 is 5.97 Å². The number of esters is 1. The third-order valence-corrected chi connectivity index (χ3v) is 3.86. The molecule has 0 aliphatic carbocycles. The van der Waals surface area contributed by atoms with Gasteiger partial charge in [-0.05, 0) is 30.2 Å². The first-order chi connectivity index (χ1) is 12.0. The summed E-state index contributed by atoms with van der Waals surface area (Å²) in [7, 11) is 0. The van der Waals surface area contributed by atoms with Crippen LogP contribution >= 0.6 is 0 Å². The minimum absolute atomic E-state index is 0.233. The van der Waals surface area contributed by atoms with E-state index in [-0.39, 0.29) is 12.2 Å². The van der Waals surface area contributed by atoms with Crippen LogP contribution in [-0.4, -0.2) is 29.4 Å². The fourth-order valence-corrected chi connectivity index (χ4v) is 2.55. The first kappa shape index (κ1) is 19.1. The molecule has 0 amide bonds. The van der Waals surface area contributed by atoms with Gasteiger partial charge in [0.2, 0.25) is 0 Å². The van der Waals surface area contributed by atoms with Gasteiger partial charge in [-0.3, -0.25) is 4.79 Å². The molecule has 2 aromatic carbocycles. The number of carbonyl (C=O) groups excluding carboxylic acids is 1. The molecule has 0 spiro atoms. The van der Waals surface area contributed by atoms with Crippen molar-refractivity contribution in [3.8, 4) is 0 Å². The Labute approximate surface area is 147 Å². The predicted octanol–water partition coefficient (Wildman–Crippen LogP) is 3.27. The van der Waals surface area contributed by atoms with E-state index in [1.807, 2.05) is 30.3 Å². The lowest BCUT2D eigenvalue weighted by Crippen LogP contribution is -2.42. The number of rotatable bonds is 8. The van der Waals surface area contributed by atoms with Crippen LogP contribution in [-0.2, 0) is 27.3 Å². The van der Waals surface area contributed by atoms with Crippen LogP contribution in [0.4, 0.5) is 4.39 Å². The van der Waals surface area contributed by atoms with Crippen LogP contribution in [0.2, 0.25) is 0 Å². The number of hydrogen-bond donors (Lipinski definition) is 1. The standard InChI is InChI=1S/C20H23FO4/c1-14(24-13-17-6-4-3-5-7-17)20(25-15(2)22)19(23)12-16-8-10-18(21)11-9-16/h3-11,14,19-20,23H,12-13H2,1-2H3/t14-,19+,20-/m0/s1. The van der Waals surface area contributed by atoms with Crippen molar-refractivity contribution in [1.82, 2.24) is 0 Å². The predicted molar refractivity (Wildman–Crippen MR) is 92.4 cm³/mol. The lowest BCUT2D eigenvalue weighted by atomic mass is 10.0. The molecule has 5 heteroatoms. The maximum absolute atomic E-state index is 13.0. The highest BCUT2D eigenvalue weighted by Crippen LogP contribution is 2.16. The zero-order valence-electron chi connectivity index (χ0n) is 14.4. The topological polar surface area (TPSA) is 55.8 Å². The molecule has 0 aliphatic rings. The summed E-state index contributed by atoms with van der Waals surface area (Å²) in [6.07, 6.45) is -2.04. The van der Waals surface area contributed by atoms with E-state index < -0.39 is 24.3 Å². The van der Waals surface area contributed by atoms with E-state index >= 15 is 0 Å². The van der Waals surface area contributed by atoms with Crippen molar-refractivity contribution in [2.45, 2.75) is 45.2 Å². The Morgan fingerprint density at radius 2 is 1.72 bits per heavy atom. The molecule has 25 heavy (non-hydrogen) atoms. The summed E-state index contributed by atoms with van der Waals surface area (Å²) in [5.41, 5.74) is 1.74. The van der Waals surface area contributed by atoms with Gasteiger partial charge in [0.15, 0.2) is 6.10 Å². The number of aliphatic hydroxyl groups is 1. The van der Waals surface area contributed by atoms with E-state index in [0.29, 0.717) is 6.61 Å². The van der Waals surface area contributed by atoms with E-state index in [0.717, 1.165) is 11.1 Å². The Hall–Kier alpha value is -2.24. The van der Waals surface area contributed by atoms with Gasteiger partial charge in [0.1, 0.15) is 5.82 Å². The maximum Gasteiger partial charge on any atom is 0.303 e. The molecular formula is C20H23FO4. The van der Waals surface area contributed by atoms with Crippen LogP contribution in [0.3, 0.4) is 0 Å². The van der Waals surface area contributed by atoms with Gasteiger partial charge in [0, 0.05) is 13.3 Å². The van der Waals surface area contributed by atoms with Gasteiger partial charge in [-0.15, -0.1) is 0 Å². The maximum atomic E-state index is 13.0. The lowest BCUT2D eigenvalue weighted by Gasteiger charge is -2.28. The second-order valence-corrected chi connectivity index (χ2v) is 5.97. The van der Waals surface area contributed by atoms with Crippen LogP contribution in [0.5, 0.6) is 0 Å². The van der Waals surface area contributed by atoms with Crippen LogP contribution in [0.15, 0.2) is 54.6 Å². The highest BCUT2D eigenvalue weighted by atomic mass is 19.1. The second kappa shape index (κ2) is 9.30. The summed E-state index contributed by atoms with van der Waals surface area (Å²) in [6.45, 7) is 3.40. The van der Waals surface area contributed by atoms with Crippen molar-refractivity contribution < 1.29 is 23.8 Å². The van der Waals surface area contributed by atoms with E-state index in [9.17, 15) is 14.3 Å². The van der Waals surface area contributed by atoms with E-state index in [1.54, 1.807) is 19.1 Å². The number of carbonyl (C=O) groups is 1. The molecule has 134 valence electrons. The molecule has 2 aromatic rings. The fourth-order valence-electron chi connectivity index (χ4n) is 2.55. The first-order valence-electron chi connectivity index (χ1n) is 8.21. The summed E-state index contributed by atoms with van der Waals surface area (Å²) < 4.78 is 24.0. The third-order valence-electron chi connectivity index (χ3n) is 3.86. The first-order valence-corrected chi connectivity index (χ1v) is 8.21. The molecule has 0 aromatic heterocycles. The average Bonchev–Trinajstić information content (AvgIpc) is 2.60. The monoisotopic (exact) mass is 346 g/mol. The van der Waals surface area contributed by atoms with E-state index in [1.165, 1.54) is 19.1 Å². The number of halogens is 1. The van der Waals surface area contributed by atoms with Crippen LogP contribution in [0.1, 0.15) is 25.0 Å². The lowest BCUT2D eigenvalue weighted by molar-refractivity contribution is -0.165. The van der Waals surface area contributed by atoms with Crippen molar-refractivity contribution in [2.24, 2.45) is 0 Å².